The van der Waals surface area contributed by atoms with Crippen molar-refractivity contribution < 1.29 is 14.6 Å². The third-order valence-corrected chi connectivity index (χ3v) is 4.12. The van der Waals surface area contributed by atoms with Gasteiger partial charge in [-0.05, 0) is 19.1 Å². The molecule has 0 bridgehead atoms. The van der Waals surface area contributed by atoms with Crippen LogP contribution in [0.3, 0.4) is 0 Å². The van der Waals surface area contributed by atoms with Crippen molar-refractivity contribution in [2.75, 3.05) is 14.2 Å². The molecule has 1 aliphatic rings. The van der Waals surface area contributed by atoms with Crippen LogP contribution in [0.1, 0.15) is 22.0 Å². The highest BCUT2D eigenvalue weighted by atomic mass is 32.1. The molecular weight excluding hydrogens is 250 g/mol. The van der Waals surface area contributed by atoms with E-state index in [1.165, 1.54) is 11.3 Å². The molecule has 1 heterocycles. The fourth-order valence-electron chi connectivity index (χ4n) is 1.86. The maximum atomic E-state index is 9.21. The molecule has 0 aromatic carbocycles. The molecule has 0 radical (unpaired) electrons. The number of methoxy groups -OCH3 is 2. The van der Waals surface area contributed by atoms with Crippen molar-refractivity contribution in [3.8, 4) is 0 Å². The first-order valence-electron chi connectivity index (χ1n) is 5.74. The Morgan fingerprint density at radius 1 is 1.50 bits per heavy atom. The minimum atomic E-state index is 0.0155. The first-order valence-corrected chi connectivity index (χ1v) is 6.56. The van der Waals surface area contributed by atoms with Crippen LogP contribution in [-0.2, 0) is 16.1 Å². The number of aliphatic hydroxyl groups excluding tert-OH is 1. The minimum Gasteiger partial charge on any atom is -0.501 e. The Balaban J connectivity index is 2.35. The van der Waals surface area contributed by atoms with Crippen molar-refractivity contribution in [3.05, 3.63) is 33.5 Å². The van der Waals surface area contributed by atoms with Gasteiger partial charge in [0, 0.05) is 19.1 Å². The average molecular weight is 267 g/mol. The summed E-state index contributed by atoms with van der Waals surface area (Å²) in [7, 11) is 3.34. The molecule has 0 aliphatic heterocycles. The van der Waals surface area contributed by atoms with Gasteiger partial charge in [0.1, 0.15) is 5.01 Å². The van der Waals surface area contributed by atoms with E-state index in [1.54, 1.807) is 14.2 Å². The topological polar surface area (TPSA) is 51.6 Å². The van der Waals surface area contributed by atoms with Crippen LogP contribution in [0.15, 0.2) is 17.9 Å². The van der Waals surface area contributed by atoms with Crippen LogP contribution in [0, 0.1) is 6.92 Å². The molecule has 0 amide bonds. The normalized spacial score (nSPS) is 19.4. The van der Waals surface area contributed by atoms with Gasteiger partial charge in [-0.3, -0.25) is 0 Å². The lowest BCUT2D eigenvalue weighted by molar-refractivity contribution is 0.122. The molecule has 1 aromatic rings. The van der Waals surface area contributed by atoms with E-state index in [2.05, 4.69) is 4.98 Å². The molecule has 2 rings (SSSR count). The smallest absolute Gasteiger partial charge is 0.123 e. The lowest BCUT2D eigenvalue weighted by atomic mass is 10.0. The summed E-state index contributed by atoms with van der Waals surface area (Å²) in [6.07, 6.45) is 4.78. The Kier molecular flexibility index (Phi) is 4.16. The van der Waals surface area contributed by atoms with Gasteiger partial charge < -0.3 is 14.6 Å². The largest absolute Gasteiger partial charge is 0.501 e. The lowest BCUT2D eigenvalue weighted by Crippen LogP contribution is -2.13. The first kappa shape index (κ1) is 13.3. The fourth-order valence-corrected chi connectivity index (χ4v) is 2.78. The van der Waals surface area contributed by atoms with Crippen LogP contribution < -0.4 is 0 Å². The number of aromatic nitrogens is 1. The molecule has 5 heteroatoms. The zero-order valence-electron chi connectivity index (χ0n) is 10.8. The van der Waals surface area contributed by atoms with E-state index >= 15 is 0 Å². The zero-order chi connectivity index (χ0) is 13.1. The number of aryl methyl sites for hydroxylation is 1. The van der Waals surface area contributed by atoms with Crippen molar-refractivity contribution >= 4 is 16.9 Å². The van der Waals surface area contributed by atoms with E-state index in [1.807, 2.05) is 19.1 Å². The van der Waals surface area contributed by atoms with E-state index < -0.39 is 0 Å². The SMILES string of the molecule is COC1=CC(c2nc(C)c(CO)s2)=CC(OC)C1. The molecule has 0 saturated heterocycles. The van der Waals surface area contributed by atoms with Crippen LogP contribution in [0.4, 0.5) is 0 Å². The van der Waals surface area contributed by atoms with E-state index in [4.69, 9.17) is 9.47 Å². The second-order valence-electron chi connectivity index (χ2n) is 4.10. The number of aliphatic hydroxyl groups is 1. The number of nitrogens with zero attached hydrogens (tertiary/aromatic N) is 1. The Labute approximate surface area is 111 Å². The monoisotopic (exact) mass is 267 g/mol. The Bertz CT molecular complexity index is 490. The highest BCUT2D eigenvalue weighted by molar-refractivity contribution is 7.12. The number of hydrogen-bond donors (Lipinski definition) is 1. The Morgan fingerprint density at radius 3 is 2.83 bits per heavy atom. The summed E-state index contributed by atoms with van der Waals surface area (Å²) in [5, 5.41) is 10.1. The molecular formula is C13H17NO3S. The van der Waals surface area contributed by atoms with E-state index in [9.17, 15) is 5.11 Å². The number of allylic oxidation sites excluding steroid dienone is 2. The number of hydrogen-bond acceptors (Lipinski definition) is 5. The third-order valence-electron chi connectivity index (χ3n) is 2.93. The highest BCUT2D eigenvalue weighted by Gasteiger charge is 2.19. The van der Waals surface area contributed by atoms with Crippen molar-refractivity contribution in [2.45, 2.75) is 26.1 Å². The van der Waals surface area contributed by atoms with Crippen LogP contribution in [0.25, 0.3) is 5.57 Å². The molecule has 1 unspecified atom stereocenters. The number of thiazole rings is 1. The Hall–Kier alpha value is -1.17. The van der Waals surface area contributed by atoms with Gasteiger partial charge in [-0.1, -0.05) is 0 Å². The van der Waals surface area contributed by atoms with E-state index in [0.717, 1.165) is 33.3 Å². The second kappa shape index (κ2) is 5.65. The summed E-state index contributed by atoms with van der Waals surface area (Å²) in [6.45, 7) is 1.94. The standard InChI is InChI=1S/C13H17NO3S/c1-8-12(7-15)18-13(14-8)9-4-10(16-2)6-11(5-9)17-3/h4-5,10,15H,6-7H2,1-3H3. The molecule has 98 valence electrons. The number of ether oxygens (including phenoxy) is 2. The summed E-state index contributed by atoms with van der Waals surface area (Å²) < 4.78 is 10.7. The van der Waals surface area contributed by atoms with Gasteiger partial charge >= 0.3 is 0 Å². The maximum Gasteiger partial charge on any atom is 0.123 e. The van der Waals surface area contributed by atoms with Crippen LogP contribution in [-0.4, -0.2) is 30.4 Å². The van der Waals surface area contributed by atoms with Gasteiger partial charge in [-0.15, -0.1) is 11.3 Å². The predicted molar refractivity (Wildman–Crippen MR) is 71.3 cm³/mol. The van der Waals surface area contributed by atoms with Gasteiger partial charge in [-0.2, -0.15) is 0 Å². The molecule has 0 spiro atoms. The number of rotatable bonds is 4. The molecule has 4 nitrogen and oxygen atoms in total. The zero-order valence-corrected chi connectivity index (χ0v) is 11.6. The molecule has 1 aromatic heterocycles. The summed E-state index contributed by atoms with van der Waals surface area (Å²) in [4.78, 5) is 5.38. The molecule has 1 aliphatic carbocycles. The highest BCUT2D eigenvalue weighted by Crippen LogP contribution is 2.31. The van der Waals surface area contributed by atoms with Crippen molar-refractivity contribution in [2.24, 2.45) is 0 Å². The summed E-state index contributed by atoms with van der Waals surface area (Å²) in [5.41, 5.74) is 1.88. The summed E-state index contributed by atoms with van der Waals surface area (Å²) in [5.74, 6) is 0.887. The van der Waals surface area contributed by atoms with Crippen molar-refractivity contribution in [1.29, 1.82) is 0 Å². The molecule has 1 N–H and O–H groups in total. The molecule has 0 saturated carbocycles. The van der Waals surface area contributed by atoms with Gasteiger partial charge in [-0.25, -0.2) is 4.98 Å². The van der Waals surface area contributed by atoms with Gasteiger partial charge in [0.25, 0.3) is 0 Å². The van der Waals surface area contributed by atoms with Gasteiger partial charge in [0.15, 0.2) is 0 Å². The average Bonchev–Trinajstić information content (AvgIpc) is 2.79. The molecule has 1 atom stereocenters. The van der Waals surface area contributed by atoms with Crippen LogP contribution >= 0.6 is 11.3 Å². The fraction of sp³-hybridized carbons (Fsp3) is 0.462. The van der Waals surface area contributed by atoms with Gasteiger partial charge in [0.2, 0.25) is 0 Å². The quantitative estimate of drug-likeness (QED) is 0.909. The van der Waals surface area contributed by atoms with Crippen molar-refractivity contribution in [3.63, 3.8) is 0 Å². The lowest BCUT2D eigenvalue weighted by Gasteiger charge is -2.18. The Morgan fingerprint density at radius 2 is 2.28 bits per heavy atom. The predicted octanol–water partition coefficient (Wildman–Crippen LogP) is 2.28. The summed E-state index contributed by atoms with van der Waals surface area (Å²) >= 11 is 1.51. The van der Waals surface area contributed by atoms with Gasteiger partial charge in [0.05, 0.1) is 36.2 Å². The van der Waals surface area contributed by atoms with E-state index in [0.29, 0.717) is 0 Å². The van der Waals surface area contributed by atoms with Crippen LogP contribution in [0.5, 0.6) is 0 Å². The van der Waals surface area contributed by atoms with Crippen LogP contribution in [0.2, 0.25) is 0 Å². The molecule has 18 heavy (non-hydrogen) atoms. The summed E-state index contributed by atoms with van der Waals surface area (Å²) in [6, 6.07) is 0. The van der Waals surface area contributed by atoms with E-state index in [-0.39, 0.29) is 12.7 Å². The second-order valence-corrected chi connectivity index (χ2v) is 5.18. The minimum absolute atomic E-state index is 0.0155. The molecule has 0 fully saturated rings. The van der Waals surface area contributed by atoms with Crippen molar-refractivity contribution in [1.82, 2.24) is 4.98 Å². The third kappa shape index (κ3) is 2.63. The first-order chi connectivity index (χ1) is 8.67. The maximum absolute atomic E-state index is 9.21.